The van der Waals surface area contributed by atoms with E-state index >= 15 is 0 Å². The number of hydrogen-bond donors (Lipinski definition) is 1. The van der Waals surface area contributed by atoms with Gasteiger partial charge in [-0.1, -0.05) is 39.0 Å². The summed E-state index contributed by atoms with van der Waals surface area (Å²) in [5.74, 6) is -0.251. The Kier molecular flexibility index (Phi) is 3.40. The van der Waals surface area contributed by atoms with Crippen molar-refractivity contribution in [3.05, 3.63) is 58.3 Å². The maximum absolute atomic E-state index is 13.6. The molecule has 1 nitrogen and oxygen atoms in total. The topological polar surface area (TPSA) is 15.8 Å². The predicted molar refractivity (Wildman–Crippen MR) is 90.1 cm³/mol. The molecule has 0 radical (unpaired) electrons. The maximum Gasteiger partial charge on any atom is 0.139 e. The van der Waals surface area contributed by atoms with Crippen LogP contribution in [0.3, 0.4) is 0 Å². The van der Waals surface area contributed by atoms with Crippen LogP contribution in [0.2, 0.25) is 0 Å². The number of nitrogens with one attached hydrogen (secondary N) is 1. The van der Waals surface area contributed by atoms with Crippen molar-refractivity contribution >= 4 is 26.8 Å². The highest BCUT2D eigenvalue weighted by atomic mass is 79.9. The number of hydrogen-bond acceptors (Lipinski definition) is 0. The van der Waals surface area contributed by atoms with E-state index in [1.807, 2.05) is 0 Å². The van der Waals surface area contributed by atoms with Crippen molar-refractivity contribution in [1.29, 1.82) is 0 Å². The summed E-state index contributed by atoms with van der Waals surface area (Å²) in [6.45, 7) is 6.59. The smallest absolute Gasteiger partial charge is 0.139 e. The second-order valence-corrected chi connectivity index (χ2v) is 7.22. The van der Waals surface area contributed by atoms with E-state index in [-0.39, 0.29) is 11.2 Å². The molecule has 1 aromatic heterocycles. The minimum Gasteiger partial charge on any atom is -0.354 e. The summed E-state index contributed by atoms with van der Waals surface area (Å²) in [6.07, 6.45) is 0. The number of aromatic nitrogens is 1. The van der Waals surface area contributed by atoms with Gasteiger partial charge in [-0.25, -0.2) is 4.39 Å². The van der Waals surface area contributed by atoms with Gasteiger partial charge in [0, 0.05) is 16.6 Å². The first-order valence-electron chi connectivity index (χ1n) is 6.93. The molecule has 108 valence electrons. The second kappa shape index (κ2) is 4.99. The Hall–Kier alpha value is -1.61. The Morgan fingerprint density at radius 3 is 2.52 bits per heavy atom. The van der Waals surface area contributed by atoms with Crippen LogP contribution in [0.1, 0.15) is 26.3 Å². The molecule has 0 aliphatic carbocycles. The van der Waals surface area contributed by atoms with Gasteiger partial charge in [0.1, 0.15) is 5.82 Å². The number of aromatic amines is 1. The molecule has 0 aliphatic rings. The van der Waals surface area contributed by atoms with Crippen molar-refractivity contribution in [2.45, 2.75) is 26.2 Å². The third kappa shape index (κ3) is 2.75. The Bertz CT molecular complexity index is 773. The number of H-pyrrole nitrogens is 1. The van der Waals surface area contributed by atoms with E-state index in [1.54, 1.807) is 6.07 Å². The molecule has 0 aliphatic heterocycles. The largest absolute Gasteiger partial charge is 0.354 e. The van der Waals surface area contributed by atoms with E-state index in [1.165, 1.54) is 11.6 Å². The first-order valence-corrected chi connectivity index (χ1v) is 7.72. The van der Waals surface area contributed by atoms with Gasteiger partial charge in [0.15, 0.2) is 0 Å². The standard InChI is InChI=1S/C18H17BrFN/c1-18(2,3)13-6-4-5-11(7-13)16-9-12-8-14(19)15(20)10-17(12)21-16/h4-10,21H,1-3H3. The van der Waals surface area contributed by atoms with Crippen LogP contribution in [-0.4, -0.2) is 4.98 Å². The number of rotatable bonds is 1. The van der Waals surface area contributed by atoms with Gasteiger partial charge in [-0.15, -0.1) is 0 Å². The molecule has 3 aromatic rings. The van der Waals surface area contributed by atoms with Gasteiger partial charge < -0.3 is 4.98 Å². The van der Waals surface area contributed by atoms with Gasteiger partial charge in [-0.3, -0.25) is 0 Å². The fourth-order valence-electron chi connectivity index (χ4n) is 2.44. The maximum atomic E-state index is 13.6. The minimum atomic E-state index is -0.251. The normalized spacial score (nSPS) is 12.0. The third-order valence-electron chi connectivity index (χ3n) is 3.70. The zero-order valence-corrected chi connectivity index (χ0v) is 13.9. The molecule has 2 aromatic carbocycles. The molecule has 0 atom stereocenters. The molecule has 3 rings (SSSR count). The average Bonchev–Trinajstić information content (AvgIpc) is 2.81. The lowest BCUT2D eigenvalue weighted by Gasteiger charge is -2.19. The Balaban J connectivity index is 2.12. The van der Waals surface area contributed by atoms with Crippen LogP contribution in [0.25, 0.3) is 22.2 Å². The number of fused-ring (bicyclic) bond motifs is 1. The van der Waals surface area contributed by atoms with Crippen molar-refractivity contribution in [3.63, 3.8) is 0 Å². The van der Waals surface area contributed by atoms with Crippen LogP contribution in [-0.2, 0) is 5.41 Å². The van der Waals surface area contributed by atoms with E-state index in [4.69, 9.17) is 0 Å². The molecular weight excluding hydrogens is 329 g/mol. The lowest BCUT2D eigenvalue weighted by atomic mass is 9.86. The summed E-state index contributed by atoms with van der Waals surface area (Å²) in [5.41, 5.74) is 4.33. The molecule has 21 heavy (non-hydrogen) atoms. The molecule has 0 fully saturated rings. The van der Waals surface area contributed by atoms with Gasteiger partial charge in [0.2, 0.25) is 0 Å². The van der Waals surface area contributed by atoms with Gasteiger partial charge in [-0.05, 0) is 56.7 Å². The van der Waals surface area contributed by atoms with Crippen LogP contribution in [0.5, 0.6) is 0 Å². The quantitative estimate of drug-likeness (QED) is 0.553. The van der Waals surface area contributed by atoms with Crippen LogP contribution in [0.4, 0.5) is 4.39 Å². The minimum absolute atomic E-state index is 0.108. The summed E-state index contributed by atoms with van der Waals surface area (Å²) in [5, 5.41) is 0.999. The summed E-state index contributed by atoms with van der Waals surface area (Å²) >= 11 is 3.23. The first kappa shape index (κ1) is 14.3. The highest BCUT2D eigenvalue weighted by Gasteiger charge is 2.14. The second-order valence-electron chi connectivity index (χ2n) is 6.37. The predicted octanol–water partition coefficient (Wildman–Crippen LogP) is 6.03. The lowest BCUT2D eigenvalue weighted by molar-refractivity contribution is 0.590. The lowest BCUT2D eigenvalue weighted by Crippen LogP contribution is -2.10. The van der Waals surface area contributed by atoms with Gasteiger partial charge in [0.25, 0.3) is 0 Å². The van der Waals surface area contributed by atoms with Crippen LogP contribution >= 0.6 is 15.9 Å². The van der Waals surface area contributed by atoms with E-state index < -0.39 is 0 Å². The molecule has 1 N–H and O–H groups in total. The molecule has 0 saturated carbocycles. The number of benzene rings is 2. The summed E-state index contributed by atoms with van der Waals surface area (Å²) in [6, 6.07) is 13.9. The molecule has 0 bridgehead atoms. The van der Waals surface area contributed by atoms with Crippen molar-refractivity contribution in [2.75, 3.05) is 0 Å². The summed E-state index contributed by atoms with van der Waals surface area (Å²) < 4.78 is 14.1. The SMILES string of the molecule is CC(C)(C)c1cccc(-c2cc3cc(Br)c(F)cc3[nH]2)c1. The fourth-order valence-corrected chi connectivity index (χ4v) is 2.80. The highest BCUT2D eigenvalue weighted by Crippen LogP contribution is 2.30. The van der Waals surface area contributed by atoms with E-state index in [0.29, 0.717) is 4.47 Å². The molecular formula is C18H17BrFN. The van der Waals surface area contributed by atoms with E-state index in [0.717, 1.165) is 22.2 Å². The first-order chi connectivity index (χ1) is 9.84. The van der Waals surface area contributed by atoms with Crippen molar-refractivity contribution < 1.29 is 4.39 Å². The monoisotopic (exact) mass is 345 g/mol. The van der Waals surface area contributed by atoms with E-state index in [9.17, 15) is 4.39 Å². The fraction of sp³-hybridized carbons (Fsp3) is 0.222. The molecule has 0 spiro atoms. The Labute approximate surface area is 132 Å². The molecule has 0 unspecified atom stereocenters. The number of halogens is 2. The summed E-state index contributed by atoms with van der Waals surface area (Å²) in [4.78, 5) is 3.30. The third-order valence-corrected chi connectivity index (χ3v) is 4.31. The average molecular weight is 346 g/mol. The zero-order chi connectivity index (χ0) is 15.2. The van der Waals surface area contributed by atoms with Gasteiger partial charge in [0.05, 0.1) is 4.47 Å². The van der Waals surface area contributed by atoms with Gasteiger partial charge in [-0.2, -0.15) is 0 Å². The summed E-state index contributed by atoms with van der Waals surface area (Å²) in [7, 11) is 0. The van der Waals surface area contributed by atoms with E-state index in [2.05, 4.69) is 72.0 Å². The Morgan fingerprint density at radius 1 is 1.05 bits per heavy atom. The van der Waals surface area contributed by atoms with Crippen molar-refractivity contribution in [2.24, 2.45) is 0 Å². The van der Waals surface area contributed by atoms with Crippen molar-refractivity contribution in [3.8, 4) is 11.3 Å². The molecule has 0 saturated heterocycles. The van der Waals surface area contributed by atoms with Crippen LogP contribution in [0, 0.1) is 5.82 Å². The van der Waals surface area contributed by atoms with Gasteiger partial charge >= 0.3 is 0 Å². The highest BCUT2D eigenvalue weighted by molar-refractivity contribution is 9.10. The molecule has 1 heterocycles. The van der Waals surface area contributed by atoms with Crippen LogP contribution < -0.4 is 0 Å². The zero-order valence-electron chi connectivity index (χ0n) is 12.3. The molecule has 3 heteroatoms. The van der Waals surface area contributed by atoms with Crippen molar-refractivity contribution in [1.82, 2.24) is 4.98 Å². The molecule has 0 amide bonds. The Morgan fingerprint density at radius 2 is 1.81 bits per heavy atom. The van der Waals surface area contributed by atoms with Crippen LogP contribution in [0.15, 0.2) is 46.9 Å².